The average Bonchev–Trinajstić information content (AvgIpc) is 2.26. The largest absolute Gasteiger partial charge is 0.439 e. The maximum Gasteiger partial charge on any atom is 0.220 e. The Morgan fingerprint density at radius 3 is 2.37 bits per heavy atom. The molecule has 0 spiro atoms. The van der Waals surface area contributed by atoms with Gasteiger partial charge in [0.2, 0.25) is 5.88 Å². The zero-order chi connectivity index (χ0) is 14.0. The van der Waals surface area contributed by atoms with Gasteiger partial charge in [-0.2, -0.15) is 0 Å². The number of halogens is 2. The number of hydrogen-bond donors (Lipinski definition) is 1. The Kier molecular flexibility index (Phi) is 3.71. The number of pyridine rings is 1. The van der Waals surface area contributed by atoms with E-state index in [4.69, 9.17) is 22.7 Å². The lowest BCUT2D eigenvalue weighted by molar-refractivity contribution is 0.450. The molecule has 0 amide bonds. The summed E-state index contributed by atoms with van der Waals surface area (Å²) < 4.78 is 31.4. The van der Waals surface area contributed by atoms with Crippen LogP contribution in [0, 0.1) is 18.6 Å². The number of benzene rings is 1. The monoisotopic (exact) mass is 280 g/mol. The Balaban J connectivity index is 2.35. The van der Waals surface area contributed by atoms with E-state index in [9.17, 15) is 8.78 Å². The Morgan fingerprint density at radius 2 is 1.79 bits per heavy atom. The van der Waals surface area contributed by atoms with Crippen LogP contribution in [0.1, 0.15) is 11.3 Å². The van der Waals surface area contributed by atoms with Gasteiger partial charge in [0.25, 0.3) is 0 Å². The van der Waals surface area contributed by atoms with Gasteiger partial charge < -0.3 is 10.5 Å². The van der Waals surface area contributed by atoms with Crippen LogP contribution >= 0.6 is 12.2 Å². The Morgan fingerprint density at radius 1 is 1.16 bits per heavy atom. The van der Waals surface area contributed by atoms with E-state index in [0.29, 0.717) is 11.3 Å². The Bertz CT molecular complexity index is 626. The molecular weight excluding hydrogens is 270 g/mol. The van der Waals surface area contributed by atoms with Gasteiger partial charge in [-0.3, -0.25) is 0 Å². The van der Waals surface area contributed by atoms with Crippen molar-refractivity contribution in [1.82, 2.24) is 4.98 Å². The maximum absolute atomic E-state index is 13.0. The predicted molar refractivity (Wildman–Crippen MR) is 71.3 cm³/mol. The molecule has 2 rings (SSSR count). The van der Waals surface area contributed by atoms with Gasteiger partial charge in [0.05, 0.1) is 0 Å². The first-order chi connectivity index (χ1) is 8.94. The highest BCUT2D eigenvalue weighted by Crippen LogP contribution is 2.23. The Hall–Kier alpha value is -2.08. The number of aryl methyl sites for hydroxylation is 1. The summed E-state index contributed by atoms with van der Waals surface area (Å²) in [6.07, 6.45) is 0. The molecule has 0 fully saturated rings. The second-order valence-electron chi connectivity index (χ2n) is 3.91. The summed E-state index contributed by atoms with van der Waals surface area (Å²) in [5.41, 5.74) is 6.74. The van der Waals surface area contributed by atoms with Crippen LogP contribution in [0.4, 0.5) is 8.78 Å². The lowest BCUT2D eigenvalue weighted by Crippen LogP contribution is -2.10. The summed E-state index contributed by atoms with van der Waals surface area (Å²) in [6.45, 7) is 1.74. The minimum Gasteiger partial charge on any atom is -0.439 e. The molecular formula is C13H10F2N2OS. The lowest BCUT2D eigenvalue weighted by atomic mass is 10.2. The third-order valence-electron chi connectivity index (χ3n) is 2.27. The highest BCUT2D eigenvalue weighted by atomic mass is 32.1. The van der Waals surface area contributed by atoms with Crippen molar-refractivity contribution >= 4 is 17.2 Å². The normalized spacial score (nSPS) is 10.3. The van der Waals surface area contributed by atoms with E-state index >= 15 is 0 Å². The van der Waals surface area contributed by atoms with Crippen LogP contribution in [-0.4, -0.2) is 9.97 Å². The third kappa shape index (κ3) is 3.45. The van der Waals surface area contributed by atoms with E-state index < -0.39 is 11.6 Å². The molecule has 2 N–H and O–H groups in total. The third-order valence-corrected chi connectivity index (χ3v) is 2.51. The van der Waals surface area contributed by atoms with Crippen LogP contribution in [0.3, 0.4) is 0 Å². The van der Waals surface area contributed by atoms with Crippen molar-refractivity contribution in [2.75, 3.05) is 0 Å². The molecule has 1 aromatic carbocycles. The summed E-state index contributed by atoms with van der Waals surface area (Å²) in [5.74, 6) is -1.26. The smallest absolute Gasteiger partial charge is 0.220 e. The fourth-order valence-electron chi connectivity index (χ4n) is 1.54. The molecule has 1 heterocycles. The molecule has 0 aliphatic carbocycles. The molecule has 6 heteroatoms. The van der Waals surface area contributed by atoms with E-state index in [1.165, 1.54) is 6.07 Å². The quantitative estimate of drug-likeness (QED) is 0.878. The van der Waals surface area contributed by atoms with Crippen LogP contribution < -0.4 is 10.5 Å². The number of nitrogens with zero attached hydrogens (tertiary/aromatic N) is 1. The highest BCUT2D eigenvalue weighted by Gasteiger charge is 2.07. The lowest BCUT2D eigenvalue weighted by Gasteiger charge is -2.08. The topological polar surface area (TPSA) is 48.1 Å². The van der Waals surface area contributed by atoms with E-state index in [1.54, 1.807) is 13.0 Å². The standard InChI is InChI=1S/C13H10F2N2OS/c1-7-2-8(13(16)19)3-12(17-7)18-11-5-9(14)4-10(15)6-11/h2-6H,1H3,(H2,16,19). The van der Waals surface area contributed by atoms with Crippen molar-refractivity contribution in [3.8, 4) is 11.6 Å². The summed E-state index contributed by atoms with van der Waals surface area (Å²) in [5, 5.41) is 0. The van der Waals surface area contributed by atoms with E-state index in [2.05, 4.69) is 4.98 Å². The maximum atomic E-state index is 13.0. The van der Waals surface area contributed by atoms with Gasteiger partial charge in [0, 0.05) is 35.5 Å². The fraction of sp³-hybridized carbons (Fsp3) is 0.0769. The second-order valence-corrected chi connectivity index (χ2v) is 4.35. The van der Waals surface area contributed by atoms with E-state index in [-0.39, 0.29) is 16.6 Å². The number of ether oxygens (including phenoxy) is 1. The summed E-state index contributed by atoms with van der Waals surface area (Å²) in [4.78, 5) is 4.28. The highest BCUT2D eigenvalue weighted by molar-refractivity contribution is 7.80. The molecule has 0 saturated carbocycles. The minimum absolute atomic E-state index is 0.0180. The molecule has 0 atom stereocenters. The number of aromatic nitrogens is 1. The molecule has 98 valence electrons. The van der Waals surface area contributed by atoms with Crippen molar-refractivity contribution in [1.29, 1.82) is 0 Å². The molecule has 0 bridgehead atoms. The van der Waals surface area contributed by atoms with Crippen molar-refractivity contribution in [2.45, 2.75) is 6.92 Å². The molecule has 0 saturated heterocycles. The van der Waals surface area contributed by atoms with Gasteiger partial charge in [-0.05, 0) is 13.0 Å². The molecule has 3 nitrogen and oxygen atoms in total. The van der Waals surface area contributed by atoms with Crippen molar-refractivity contribution in [3.63, 3.8) is 0 Å². The van der Waals surface area contributed by atoms with Gasteiger partial charge in [-0.25, -0.2) is 13.8 Å². The number of nitrogens with two attached hydrogens (primary N) is 1. The molecule has 19 heavy (non-hydrogen) atoms. The van der Waals surface area contributed by atoms with E-state index in [1.807, 2.05) is 0 Å². The van der Waals surface area contributed by atoms with Crippen LogP contribution in [-0.2, 0) is 0 Å². The van der Waals surface area contributed by atoms with Gasteiger partial charge in [-0.15, -0.1) is 0 Å². The molecule has 2 aromatic rings. The number of thiocarbonyl (C=S) groups is 1. The van der Waals surface area contributed by atoms with Gasteiger partial charge >= 0.3 is 0 Å². The zero-order valence-corrected chi connectivity index (χ0v) is 10.8. The number of rotatable bonds is 3. The Labute approximate surface area is 114 Å². The SMILES string of the molecule is Cc1cc(C(N)=S)cc(Oc2cc(F)cc(F)c2)n1. The molecule has 0 unspecified atom stereocenters. The van der Waals surface area contributed by atoms with Crippen LogP contribution in [0.2, 0.25) is 0 Å². The van der Waals surface area contributed by atoms with Crippen molar-refractivity contribution in [3.05, 3.63) is 53.2 Å². The molecule has 0 radical (unpaired) electrons. The molecule has 0 aliphatic heterocycles. The first kappa shape index (κ1) is 13.4. The zero-order valence-electron chi connectivity index (χ0n) is 9.98. The summed E-state index contributed by atoms with van der Waals surface area (Å²) in [7, 11) is 0. The number of hydrogen-bond acceptors (Lipinski definition) is 3. The fourth-order valence-corrected chi connectivity index (χ4v) is 1.66. The molecule has 0 aliphatic rings. The molecule has 1 aromatic heterocycles. The van der Waals surface area contributed by atoms with E-state index in [0.717, 1.165) is 18.2 Å². The van der Waals surface area contributed by atoms with Crippen LogP contribution in [0.15, 0.2) is 30.3 Å². The van der Waals surface area contributed by atoms with Gasteiger partial charge in [0.15, 0.2) is 0 Å². The minimum atomic E-state index is -0.725. The predicted octanol–water partition coefficient (Wildman–Crippen LogP) is 3.09. The van der Waals surface area contributed by atoms with Gasteiger partial charge in [0.1, 0.15) is 22.4 Å². The van der Waals surface area contributed by atoms with Crippen LogP contribution in [0.5, 0.6) is 11.6 Å². The second kappa shape index (κ2) is 5.27. The first-order valence-electron chi connectivity index (χ1n) is 5.36. The summed E-state index contributed by atoms with van der Waals surface area (Å²) in [6, 6.07) is 6.09. The van der Waals surface area contributed by atoms with Gasteiger partial charge in [-0.1, -0.05) is 12.2 Å². The van der Waals surface area contributed by atoms with Crippen LogP contribution in [0.25, 0.3) is 0 Å². The van der Waals surface area contributed by atoms with Crippen molar-refractivity contribution < 1.29 is 13.5 Å². The average molecular weight is 280 g/mol. The first-order valence-corrected chi connectivity index (χ1v) is 5.77. The van der Waals surface area contributed by atoms with Crippen molar-refractivity contribution in [2.24, 2.45) is 5.73 Å². The summed E-state index contributed by atoms with van der Waals surface area (Å²) >= 11 is 4.86.